The Kier molecular flexibility index (Phi) is 7.00. The van der Waals surface area contributed by atoms with Crippen LogP contribution in [0.2, 0.25) is 0 Å². The van der Waals surface area contributed by atoms with E-state index in [0.29, 0.717) is 17.5 Å². The molecule has 9 aromatic rings. The van der Waals surface area contributed by atoms with Crippen LogP contribution in [0.3, 0.4) is 0 Å². The lowest BCUT2D eigenvalue weighted by Gasteiger charge is -2.33. The Hall–Kier alpha value is -6.91. The fourth-order valence-corrected chi connectivity index (χ4v) is 8.14. The highest BCUT2D eigenvalue weighted by Gasteiger charge is 2.49. The monoisotopic (exact) mass is 664 g/mol. The van der Waals surface area contributed by atoms with Crippen molar-refractivity contribution >= 4 is 10.9 Å². The van der Waals surface area contributed by atoms with Crippen molar-refractivity contribution in [2.24, 2.45) is 0 Å². The Labute approximate surface area is 302 Å². The first kappa shape index (κ1) is 30.0. The second-order valence-corrected chi connectivity index (χ2v) is 13.2. The lowest BCUT2D eigenvalue weighted by atomic mass is 9.67. The normalized spacial score (nSPS) is 12.8. The smallest absolute Gasteiger partial charge is 0.164 e. The van der Waals surface area contributed by atoms with Gasteiger partial charge in [-0.1, -0.05) is 164 Å². The van der Waals surface area contributed by atoms with E-state index in [-0.39, 0.29) is 0 Å². The molecule has 4 heteroatoms. The molecule has 0 N–H and O–H groups in total. The summed E-state index contributed by atoms with van der Waals surface area (Å²) in [6.45, 7) is 0. The van der Waals surface area contributed by atoms with Crippen molar-refractivity contribution in [3.8, 4) is 51.1 Å². The number of benzene rings is 7. The van der Waals surface area contributed by atoms with E-state index in [4.69, 9.17) is 15.0 Å². The van der Waals surface area contributed by atoms with Gasteiger partial charge in [-0.05, 0) is 47.0 Å². The third-order valence-electron chi connectivity index (χ3n) is 10.3. The Balaban J connectivity index is 1.32. The van der Waals surface area contributed by atoms with E-state index in [2.05, 4.69) is 162 Å². The molecule has 244 valence electrons. The van der Waals surface area contributed by atoms with Gasteiger partial charge in [0.25, 0.3) is 0 Å². The topological polar surface area (TPSA) is 43.6 Å². The second kappa shape index (κ2) is 12.1. The van der Waals surface area contributed by atoms with Crippen LogP contribution >= 0.6 is 0 Å². The van der Waals surface area contributed by atoms with Crippen LogP contribution in [0.15, 0.2) is 194 Å². The molecule has 0 aliphatic heterocycles. The average molecular weight is 665 g/mol. The van der Waals surface area contributed by atoms with Gasteiger partial charge in [-0.2, -0.15) is 0 Å². The Morgan fingerprint density at radius 3 is 1.42 bits per heavy atom. The maximum absolute atomic E-state index is 5.13. The van der Waals surface area contributed by atoms with Gasteiger partial charge in [0.05, 0.1) is 16.6 Å². The molecule has 10 rings (SSSR count). The van der Waals surface area contributed by atoms with Gasteiger partial charge >= 0.3 is 0 Å². The minimum absolute atomic E-state index is 0.575. The Bertz CT molecular complexity index is 2610. The summed E-state index contributed by atoms with van der Waals surface area (Å²) in [5.41, 5.74) is 11.9. The highest BCUT2D eigenvalue weighted by molar-refractivity contribution is 6.03. The van der Waals surface area contributed by atoms with Gasteiger partial charge in [0.15, 0.2) is 17.5 Å². The highest BCUT2D eigenvalue weighted by atomic mass is 15.0. The van der Waals surface area contributed by atoms with Crippen LogP contribution in [0.25, 0.3) is 62.0 Å². The summed E-state index contributed by atoms with van der Waals surface area (Å²) in [6, 6.07) is 68.6. The fraction of sp³-hybridized carbons (Fsp3) is 0.0208. The first-order chi connectivity index (χ1) is 25.8. The standard InChI is InChI=1S/C48H32N4/c1-6-18-33(19-7-1)45-49-46(34-20-8-2-9-21-34)51-47(50-45)35-30-31-42-40(32-35)43-44(52(42)38-26-14-5-15-27-38)39-28-16-17-29-41(39)48(43,36-22-10-3-11-23-36)37-24-12-4-13-25-37/h1-32H. The van der Waals surface area contributed by atoms with E-state index in [9.17, 15) is 0 Å². The molecule has 0 unspecified atom stereocenters. The molecule has 4 nitrogen and oxygen atoms in total. The number of aromatic nitrogens is 4. The predicted molar refractivity (Wildman–Crippen MR) is 210 cm³/mol. The molecule has 0 fully saturated rings. The van der Waals surface area contributed by atoms with Crippen LogP contribution < -0.4 is 0 Å². The van der Waals surface area contributed by atoms with Crippen LogP contribution in [-0.4, -0.2) is 19.5 Å². The summed E-state index contributed by atoms with van der Waals surface area (Å²) < 4.78 is 2.44. The Morgan fingerprint density at radius 1 is 0.404 bits per heavy atom. The van der Waals surface area contributed by atoms with Crippen molar-refractivity contribution in [2.45, 2.75) is 5.41 Å². The minimum atomic E-state index is -0.575. The Morgan fingerprint density at radius 2 is 0.865 bits per heavy atom. The van der Waals surface area contributed by atoms with Gasteiger partial charge in [0.2, 0.25) is 0 Å². The number of hydrogen-bond acceptors (Lipinski definition) is 3. The molecule has 0 saturated heterocycles. The molecule has 1 aliphatic rings. The van der Waals surface area contributed by atoms with Gasteiger partial charge < -0.3 is 4.57 Å². The zero-order valence-corrected chi connectivity index (χ0v) is 28.3. The molecule has 0 amide bonds. The minimum Gasteiger partial charge on any atom is -0.309 e. The maximum Gasteiger partial charge on any atom is 0.164 e. The van der Waals surface area contributed by atoms with Crippen LogP contribution in [-0.2, 0) is 5.41 Å². The first-order valence-electron chi connectivity index (χ1n) is 17.6. The van der Waals surface area contributed by atoms with Crippen LogP contribution in [0.5, 0.6) is 0 Å². The van der Waals surface area contributed by atoms with E-state index in [1.54, 1.807) is 0 Å². The molecule has 2 aromatic heterocycles. The van der Waals surface area contributed by atoms with Gasteiger partial charge in [-0.3, -0.25) is 0 Å². The second-order valence-electron chi connectivity index (χ2n) is 13.2. The summed E-state index contributed by atoms with van der Waals surface area (Å²) in [5, 5.41) is 1.16. The van der Waals surface area contributed by atoms with Crippen LogP contribution in [0.4, 0.5) is 0 Å². The molecular weight excluding hydrogens is 633 g/mol. The van der Waals surface area contributed by atoms with Gasteiger partial charge in [0, 0.05) is 38.9 Å². The van der Waals surface area contributed by atoms with Crippen LogP contribution in [0, 0.1) is 0 Å². The molecule has 0 radical (unpaired) electrons. The highest BCUT2D eigenvalue weighted by Crippen LogP contribution is 2.59. The van der Waals surface area contributed by atoms with Gasteiger partial charge in [-0.15, -0.1) is 0 Å². The summed E-state index contributed by atoms with van der Waals surface area (Å²) in [5.74, 6) is 1.93. The van der Waals surface area contributed by atoms with Crippen molar-refractivity contribution in [1.29, 1.82) is 0 Å². The SMILES string of the molecule is c1ccc(-c2nc(-c3ccccc3)nc(-c3ccc4c(c3)c3c(n4-c4ccccc4)-c4ccccc4C3(c3ccccc3)c3ccccc3)n2)cc1. The largest absolute Gasteiger partial charge is 0.309 e. The third kappa shape index (κ3) is 4.58. The molecule has 0 bridgehead atoms. The van der Waals surface area contributed by atoms with E-state index in [1.807, 2.05) is 36.4 Å². The molecule has 2 heterocycles. The van der Waals surface area contributed by atoms with E-state index in [1.165, 1.54) is 33.5 Å². The molecule has 1 aliphatic carbocycles. The number of para-hydroxylation sites is 1. The average Bonchev–Trinajstić information content (AvgIpc) is 3.73. The zero-order valence-electron chi connectivity index (χ0n) is 28.3. The molecule has 0 saturated carbocycles. The van der Waals surface area contributed by atoms with Crippen molar-refractivity contribution in [3.05, 3.63) is 216 Å². The summed E-state index contributed by atoms with van der Waals surface area (Å²) in [6.07, 6.45) is 0. The van der Waals surface area contributed by atoms with Crippen molar-refractivity contribution in [3.63, 3.8) is 0 Å². The lowest BCUT2D eigenvalue weighted by Crippen LogP contribution is -2.28. The van der Waals surface area contributed by atoms with E-state index < -0.39 is 5.41 Å². The third-order valence-corrected chi connectivity index (χ3v) is 10.3. The van der Waals surface area contributed by atoms with Crippen LogP contribution in [0.1, 0.15) is 22.3 Å². The summed E-state index contributed by atoms with van der Waals surface area (Å²) in [4.78, 5) is 15.2. The summed E-state index contributed by atoms with van der Waals surface area (Å²) in [7, 11) is 0. The number of fused-ring (bicyclic) bond motifs is 5. The zero-order chi connectivity index (χ0) is 34.5. The number of nitrogens with zero attached hydrogens (tertiary/aromatic N) is 4. The van der Waals surface area contributed by atoms with E-state index in [0.717, 1.165) is 33.3 Å². The number of rotatable bonds is 6. The molecular formula is C48H32N4. The van der Waals surface area contributed by atoms with Gasteiger partial charge in [0.1, 0.15) is 0 Å². The molecule has 0 atom stereocenters. The molecule has 52 heavy (non-hydrogen) atoms. The van der Waals surface area contributed by atoms with Crippen molar-refractivity contribution in [1.82, 2.24) is 19.5 Å². The van der Waals surface area contributed by atoms with E-state index >= 15 is 0 Å². The van der Waals surface area contributed by atoms with Gasteiger partial charge in [-0.25, -0.2) is 15.0 Å². The first-order valence-corrected chi connectivity index (χ1v) is 17.6. The lowest BCUT2D eigenvalue weighted by molar-refractivity contribution is 0.775. The molecule has 7 aromatic carbocycles. The number of hydrogen-bond donors (Lipinski definition) is 0. The molecule has 0 spiro atoms. The van der Waals surface area contributed by atoms with Crippen molar-refractivity contribution < 1.29 is 0 Å². The quantitative estimate of drug-likeness (QED) is 0.178. The van der Waals surface area contributed by atoms with Crippen molar-refractivity contribution in [2.75, 3.05) is 0 Å². The summed E-state index contributed by atoms with van der Waals surface area (Å²) >= 11 is 0. The maximum atomic E-state index is 5.13. The fourth-order valence-electron chi connectivity index (χ4n) is 8.14. The predicted octanol–water partition coefficient (Wildman–Crippen LogP) is 11.2.